The van der Waals surface area contributed by atoms with Crippen LogP contribution >= 0.6 is 0 Å². The molecule has 3 rings (SSSR count). The van der Waals surface area contributed by atoms with Crippen molar-refractivity contribution in [3.8, 4) is 5.69 Å². The van der Waals surface area contributed by atoms with Crippen molar-refractivity contribution in [2.45, 2.75) is 19.8 Å². The molecule has 1 aromatic carbocycles. The molecule has 0 saturated heterocycles. The standard InChI is InChI=1S/C18H15F2NO3/c1-2-24-18(23)13-10-21(16-8-7-11(19)9-14(16)20)15-6-4-3-5-12(15)17(13)22/h5-10H,2-4H2,1H3. The second-order valence-corrected chi connectivity index (χ2v) is 5.34. The molecule has 1 aliphatic carbocycles. The molecule has 1 heterocycles. The largest absolute Gasteiger partial charge is 0.462 e. The van der Waals surface area contributed by atoms with Gasteiger partial charge in [-0.3, -0.25) is 4.79 Å². The summed E-state index contributed by atoms with van der Waals surface area (Å²) >= 11 is 0. The minimum atomic E-state index is -0.783. The molecule has 0 aliphatic heterocycles. The minimum absolute atomic E-state index is 0.0600. The van der Waals surface area contributed by atoms with Gasteiger partial charge in [-0.05, 0) is 31.9 Å². The predicted octanol–water partition coefficient (Wildman–Crippen LogP) is 1.65. The maximum absolute atomic E-state index is 14.2. The quantitative estimate of drug-likeness (QED) is 0.804. The van der Waals surface area contributed by atoms with E-state index in [1.54, 1.807) is 19.1 Å². The van der Waals surface area contributed by atoms with E-state index in [1.807, 2.05) is 0 Å². The van der Waals surface area contributed by atoms with Gasteiger partial charge >= 0.3 is 5.97 Å². The van der Waals surface area contributed by atoms with Gasteiger partial charge in [-0.15, -0.1) is 0 Å². The molecule has 0 fully saturated rings. The van der Waals surface area contributed by atoms with Crippen LogP contribution in [-0.4, -0.2) is 17.1 Å². The Morgan fingerprint density at radius 3 is 2.71 bits per heavy atom. The summed E-state index contributed by atoms with van der Waals surface area (Å²) in [4.78, 5) is 24.6. The third-order valence-electron chi connectivity index (χ3n) is 3.80. The van der Waals surface area contributed by atoms with Crippen LogP contribution in [0.15, 0.2) is 29.2 Å². The van der Waals surface area contributed by atoms with E-state index in [9.17, 15) is 18.4 Å². The predicted molar refractivity (Wildman–Crippen MR) is 85.3 cm³/mol. The van der Waals surface area contributed by atoms with Crippen molar-refractivity contribution in [3.05, 3.63) is 62.4 Å². The zero-order chi connectivity index (χ0) is 17.3. The summed E-state index contributed by atoms with van der Waals surface area (Å²) in [5, 5.41) is 0.820. The monoisotopic (exact) mass is 331 g/mol. The number of esters is 1. The van der Waals surface area contributed by atoms with Crippen molar-refractivity contribution in [1.29, 1.82) is 0 Å². The lowest BCUT2D eigenvalue weighted by Crippen LogP contribution is -2.48. The SMILES string of the molecule is CCOC(=O)c1cn(-c2ccc(F)cc2F)c2c(c1=O)=CCCC=2. The normalized spacial score (nSPS) is 12.8. The highest BCUT2D eigenvalue weighted by Crippen LogP contribution is 2.13. The lowest BCUT2D eigenvalue weighted by Gasteiger charge is -2.14. The summed E-state index contributed by atoms with van der Waals surface area (Å²) in [6, 6.07) is 3.16. The Bertz CT molecular complexity index is 993. The molecule has 6 heteroatoms. The lowest BCUT2D eigenvalue weighted by molar-refractivity contribution is 0.0524. The average Bonchev–Trinajstić information content (AvgIpc) is 2.56. The maximum Gasteiger partial charge on any atom is 0.343 e. The lowest BCUT2D eigenvalue weighted by atomic mass is 10.1. The first kappa shape index (κ1) is 16.1. The van der Waals surface area contributed by atoms with Crippen LogP contribution in [0.2, 0.25) is 0 Å². The average molecular weight is 331 g/mol. The molecule has 0 saturated carbocycles. The Kier molecular flexibility index (Phi) is 4.29. The second kappa shape index (κ2) is 6.39. The molecule has 0 atom stereocenters. The van der Waals surface area contributed by atoms with Gasteiger partial charge in [0.2, 0.25) is 5.43 Å². The highest BCUT2D eigenvalue weighted by molar-refractivity contribution is 5.89. The smallest absolute Gasteiger partial charge is 0.343 e. The van der Waals surface area contributed by atoms with Gasteiger partial charge in [0.1, 0.15) is 17.2 Å². The summed E-state index contributed by atoms with van der Waals surface area (Å²) < 4.78 is 33.7. The van der Waals surface area contributed by atoms with Gasteiger partial charge in [0.05, 0.1) is 17.6 Å². The highest BCUT2D eigenvalue weighted by atomic mass is 19.1. The number of hydrogen-bond donors (Lipinski definition) is 0. The van der Waals surface area contributed by atoms with Crippen LogP contribution in [0.1, 0.15) is 30.1 Å². The number of halogens is 2. The fourth-order valence-corrected chi connectivity index (χ4v) is 2.73. The van der Waals surface area contributed by atoms with E-state index in [2.05, 4.69) is 0 Å². The van der Waals surface area contributed by atoms with Crippen LogP contribution in [-0.2, 0) is 4.74 Å². The number of pyridine rings is 1. The number of aromatic nitrogens is 1. The first-order valence-electron chi connectivity index (χ1n) is 7.61. The Labute approximate surface area is 136 Å². The first-order valence-corrected chi connectivity index (χ1v) is 7.61. The molecule has 0 spiro atoms. The molecule has 0 unspecified atom stereocenters. The third-order valence-corrected chi connectivity index (χ3v) is 3.80. The van der Waals surface area contributed by atoms with Crippen molar-refractivity contribution in [1.82, 2.24) is 4.57 Å². The second-order valence-electron chi connectivity index (χ2n) is 5.34. The summed E-state index contributed by atoms with van der Waals surface area (Å²) in [6.45, 7) is 1.75. The fraction of sp³-hybridized carbons (Fsp3) is 0.222. The third kappa shape index (κ3) is 2.75. The minimum Gasteiger partial charge on any atom is -0.462 e. The van der Waals surface area contributed by atoms with Crippen LogP contribution in [0.25, 0.3) is 17.8 Å². The van der Waals surface area contributed by atoms with E-state index in [4.69, 9.17) is 4.74 Å². The molecule has 0 amide bonds. The number of fused-ring (bicyclic) bond motifs is 1. The Balaban J connectivity index is 2.36. The van der Waals surface area contributed by atoms with E-state index in [-0.39, 0.29) is 17.9 Å². The zero-order valence-electron chi connectivity index (χ0n) is 13.0. The van der Waals surface area contributed by atoms with Crippen molar-refractivity contribution >= 4 is 18.1 Å². The van der Waals surface area contributed by atoms with Crippen molar-refractivity contribution in [2.75, 3.05) is 6.61 Å². The van der Waals surface area contributed by atoms with E-state index < -0.39 is 23.0 Å². The first-order chi connectivity index (χ1) is 11.5. The van der Waals surface area contributed by atoms with Crippen LogP contribution in [0.5, 0.6) is 0 Å². The molecule has 1 aliphatic rings. The van der Waals surface area contributed by atoms with Gasteiger partial charge in [0, 0.05) is 17.5 Å². The number of carbonyl (C=O) groups is 1. The van der Waals surface area contributed by atoms with Gasteiger partial charge < -0.3 is 9.30 Å². The molecule has 0 bridgehead atoms. The van der Waals surface area contributed by atoms with Crippen molar-refractivity contribution in [3.63, 3.8) is 0 Å². The number of hydrogen-bond acceptors (Lipinski definition) is 3. The Hall–Kier alpha value is -2.76. The fourth-order valence-electron chi connectivity index (χ4n) is 2.73. The van der Waals surface area contributed by atoms with E-state index in [1.165, 1.54) is 16.8 Å². The van der Waals surface area contributed by atoms with Gasteiger partial charge in [0.15, 0.2) is 0 Å². The number of ether oxygens (including phenoxy) is 1. The van der Waals surface area contributed by atoms with Crippen LogP contribution in [0.4, 0.5) is 8.78 Å². The molecule has 24 heavy (non-hydrogen) atoms. The summed E-state index contributed by atoms with van der Waals surface area (Å²) in [7, 11) is 0. The number of benzene rings is 1. The van der Waals surface area contributed by atoms with E-state index in [0.29, 0.717) is 23.4 Å². The molecule has 0 N–H and O–H groups in total. The zero-order valence-corrected chi connectivity index (χ0v) is 13.0. The van der Waals surface area contributed by atoms with E-state index in [0.717, 1.165) is 12.1 Å². The summed E-state index contributed by atoms with van der Waals surface area (Å²) in [6.07, 6.45) is 6.12. The maximum atomic E-state index is 14.2. The molecular weight excluding hydrogens is 316 g/mol. The van der Waals surface area contributed by atoms with Crippen LogP contribution < -0.4 is 16.0 Å². The molecule has 2 aromatic rings. The molecule has 1 aromatic heterocycles. The molecule has 4 nitrogen and oxygen atoms in total. The highest BCUT2D eigenvalue weighted by Gasteiger charge is 2.18. The van der Waals surface area contributed by atoms with Gasteiger partial charge in [-0.2, -0.15) is 0 Å². The molecule has 124 valence electrons. The number of rotatable bonds is 3. The topological polar surface area (TPSA) is 48.3 Å². The summed E-state index contributed by atoms with van der Waals surface area (Å²) in [5.41, 5.74) is -0.561. The van der Waals surface area contributed by atoms with Gasteiger partial charge in [-0.1, -0.05) is 12.2 Å². The Morgan fingerprint density at radius 1 is 1.25 bits per heavy atom. The number of carbonyl (C=O) groups excluding carboxylic acids is 1. The summed E-state index contributed by atoms with van der Waals surface area (Å²) in [5.74, 6) is -2.25. The van der Waals surface area contributed by atoms with Crippen LogP contribution in [0, 0.1) is 11.6 Å². The Morgan fingerprint density at radius 2 is 2.00 bits per heavy atom. The number of nitrogens with zero attached hydrogens (tertiary/aromatic N) is 1. The van der Waals surface area contributed by atoms with Gasteiger partial charge in [0.25, 0.3) is 0 Å². The molecular formula is C18H15F2NO3. The van der Waals surface area contributed by atoms with Gasteiger partial charge in [-0.25, -0.2) is 13.6 Å². The van der Waals surface area contributed by atoms with E-state index >= 15 is 0 Å². The van der Waals surface area contributed by atoms with Crippen molar-refractivity contribution < 1.29 is 18.3 Å². The van der Waals surface area contributed by atoms with Crippen molar-refractivity contribution in [2.24, 2.45) is 0 Å². The van der Waals surface area contributed by atoms with Crippen LogP contribution in [0.3, 0.4) is 0 Å². The molecule has 0 radical (unpaired) electrons.